The second-order valence-corrected chi connectivity index (χ2v) is 6.16. The number of nitro groups is 1. The average Bonchev–Trinajstić information content (AvgIpc) is 3.24. The maximum Gasteiger partial charge on any atom is 0.326 e. The van der Waals surface area contributed by atoms with E-state index < -0.39 is 10.9 Å². The van der Waals surface area contributed by atoms with Crippen molar-refractivity contribution in [2.24, 2.45) is 0 Å². The van der Waals surface area contributed by atoms with Crippen LogP contribution in [-0.2, 0) is 22.7 Å². The number of non-ortho nitro benzene ring substituents is 1. The van der Waals surface area contributed by atoms with Crippen LogP contribution in [0.1, 0.15) is 5.89 Å². The van der Waals surface area contributed by atoms with Gasteiger partial charge in [0.15, 0.2) is 6.61 Å². The minimum Gasteiger partial charge on any atom is -0.454 e. The zero-order valence-electron chi connectivity index (χ0n) is 15.3. The molecule has 150 valence electrons. The van der Waals surface area contributed by atoms with E-state index in [1.807, 2.05) is 0 Å². The lowest BCUT2D eigenvalue weighted by Crippen LogP contribution is -2.25. The lowest BCUT2D eigenvalue weighted by molar-refractivity contribution is -0.384. The minimum absolute atomic E-state index is 0.0423. The van der Waals surface area contributed by atoms with Gasteiger partial charge in [-0.1, -0.05) is 12.1 Å². The Hall–Kier alpha value is -4.41. The maximum absolute atomic E-state index is 12.4. The molecule has 0 fully saturated rings. The van der Waals surface area contributed by atoms with Crippen molar-refractivity contribution >= 4 is 22.6 Å². The predicted molar refractivity (Wildman–Crippen MR) is 102 cm³/mol. The van der Waals surface area contributed by atoms with Gasteiger partial charge < -0.3 is 9.15 Å². The van der Waals surface area contributed by atoms with Gasteiger partial charge in [0.05, 0.1) is 22.2 Å². The summed E-state index contributed by atoms with van der Waals surface area (Å²) in [5, 5.41) is 18.7. The van der Waals surface area contributed by atoms with E-state index >= 15 is 0 Å². The molecule has 0 spiro atoms. The molecular formula is C19H13N5O6. The summed E-state index contributed by atoms with van der Waals surface area (Å²) in [7, 11) is 0. The first-order chi connectivity index (χ1) is 14.5. The van der Waals surface area contributed by atoms with E-state index in [9.17, 15) is 19.7 Å². The highest BCUT2D eigenvalue weighted by atomic mass is 16.6. The third-order valence-corrected chi connectivity index (χ3v) is 4.18. The highest BCUT2D eigenvalue weighted by molar-refractivity contribution is 5.77. The number of esters is 1. The van der Waals surface area contributed by atoms with Gasteiger partial charge in [-0.25, -0.2) is 4.98 Å². The van der Waals surface area contributed by atoms with Gasteiger partial charge in [-0.05, 0) is 24.3 Å². The van der Waals surface area contributed by atoms with Gasteiger partial charge in [0, 0.05) is 17.7 Å². The van der Waals surface area contributed by atoms with E-state index in [1.165, 1.54) is 30.6 Å². The van der Waals surface area contributed by atoms with Crippen LogP contribution in [0.3, 0.4) is 0 Å². The molecule has 2 heterocycles. The van der Waals surface area contributed by atoms with Gasteiger partial charge in [-0.2, -0.15) is 0 Å². The van der Waals surface area contributed by atoms with Gasteiger partial charge in [-0.3, -0.25) is 24.3 Å². The van der Waals surface area contributed by atoms with Crippen molar-refractivity contribution in [1.82, 2.24) is 19.7 Å². The van der Waals surface area contributed by atoms with E-state index in [4.69, 9.17) is 9.15 Å². The zero-order valence-corrected chi connectivity index (χ0v) is 15.3. The summed E-state index contributed by atoms with van der Waals surface area (Å²) in [6, 6.07) is 12.4. The van der Waals surface area contributed by atoms with Crippen LogP contribution >= 0.6 is 0 Å². The molecule has 0 radical (unpaired) electrons. The Bertz CT molecular complexity index is 1290. The summed E-state index contributed by atoms with van der Waals surface area (Å²) in [5.74, 6) is -0.504. The SMILES string of the molecule is O=C(Cn1cnc2ccccc2c1=O)OCc1nnc(-c2ccc([N+](=O)[O-])cc2)o1. The van der Waals surface area contributed by atoms with Crippen molar-refractivity contribution in [2.75, 3.05) is 0 Å². The fraction of sp³-hybridized carbons (Fsp3) is 0.105. The molecule has 0 amide bonds. The van der Waals surface area contributed by atoms with E-state index in [0.29, 0.717) is 16.5 Å². The molecule has 11 nitrogen and oxygen atoms in total. The maximum atomic E-state index is 12.4. The van der Waals surface area contributed by atoms with E-state index in [1.54, 1.807) is 24.3 Å². The number of hydrogen-bond acceptors (Lipinski definition) is 9. The number of rotatable bonds is 6. The Labute approximate surface area is 167 Å². The molecular weight excluding hydrogens is 394 g/mol. The molecule has 0 aliphatic heterocycles. The van der Waals surface area contributed by atoms with Gasteiger partial charge >= 0.3 is 5.97 Å². The number of ether oxygens (including phenoxy) is 1. The summed E-state index contributed by atoms with van der Waals surface area (Å²) >= 11 is 0. The number of aromatic nitrogens is 4. The normalized spacial score (nSPS) is 10.8. The molecule has 0 unspecified atom stereocenters. The highest BCUT2D eigenvalue weighted by Crippen LogP contribution is 2.21. The third kappa shape index (κ3) is 3.90. The van der Waals surface area contributed by atoms with Crippen molar-refractivity contribution in [3.63, 3.8) is 0 Å². The largest absolute Gasteiger partial charge is 0.454 e. The molecule has 2 aromatic carbocycles. The van der Waals surface area contributed by atoms with Crippen LogP contribution in [0.15, 0.2) is 64.1 Å². The Morgan fingerprint density at radius 1 is 1.13 bits per heavy atom. The van der Waals surface area contributed by atoms with E-state index in [0.717, 1.165) is 4.57 Å². The van der Waals surface area contributed by atoms with Crippen molar-refractivity contribution in [1.29, 1.82) is 0 Å². The van der Waals surface area contributed by atoms with Crippen molar-refractivity contribution in [2.45, 2.75) is 13.2 Å². The number of benzene rings is 2. The van der Waals surface area contributed by atoms with Gasteiger partial charge in [0.2, 0.25) is 5.89 Å². The smallest absolute Gasteiger partial charge is 0.326 e. The third-order valence-electron chi connectivity index (χ3n) is 4.18. The summed E-state index contributed by atoms with van der Waals surface area (Å²) < 4.78 is 11.6. The first-order valence-electron chi connectivity index (χ1n) is 8.68. The Balaban J connectivity index is 1.39. The molecule has 30 heavy (non-hydrogen) atoms. The summed E-state index contributed by atoms with van der Waals surface area (Å²) in [5.41, 5.74) is 0.609. The fourth-order valence-electron chi connectivity index (χ4n) is 2.70. The van der Waals surface area contributed by atoms with Crippen LogP contribution in [0.4, 0.5) is 5.69 Å². The number of para-hydroxylation sites is 1. The lowest BCUT2D eigenvalue weighted by atomic mass is 10.2. The van der Waals surface area contributed by atoms with Crippen molar-refractivity contribution in [3.05, 3.63) is 81.2 Å². The molecule has 4 rings (SSSR count). The first kappa shape index (κ1) is 18.9. The molecule has 0 atom stereocenters. The molecule has 11 heteroatoms. The summed E-state index contributed by atoms with van der Waals surface area (Å²) in [6.07, 6.45) is 1.28. The summed E-state index contributed by atoms with van der Waals surface area (Å²) in [6.45, 7) is -0.603. The van der Waals surface area contributed by atoms with Crippen LogP contribution in [-0.4, -0.2) is 30.6 Å². The Morgan fingerprint density at radius 2 is 1.90 bits per heavy atom. The summed E-state index contributed by atoms with van der Waals surface area (Å²) in [4.78, 5) is 38.8. The molecule has 0 aliphatic rings. The monoisotopic (exact) mass is 407 g/mol. The van der Waals surface area contributed by atoms with Crippen LogP contribution in [0.2, 0.25) is 0 Å². The number of nitro benzene ring substituents is 1. The van der Waals surface area contributed by atoms with Crippen LogP contribution < -0.4 is 5.56 Å². The predicted octanol–water partition coefficient (Wildman–Crippen LogP) is 2.10. The standard InChI is InChI=1S/C19H13N5O6/c25-17(9-23-11-20-15-4-2-1-3-14(15)19(23)26)29-10-16-21-22-18(30-16)12-5-7-13(8-6-12)24(27)28/h1-8,11H,9-10H2. The topological polar surface area (TPSA) is 143 Å². The zero-order chi connectivity index (χ0) is 21.1. The number of carbonyl (C=O) groups is 1. The molecule has 4 aromatic rings. The first-order valence-corrected chi connectivity index (χ1v) is 8.68. The number of nitrogens with zero attached hydrogens (tertiary/aromatic N) is 5. The van der Waals surface area contributed by atoms with E-state index in [-0.39, 0.29) is 36.2 Å². The molecule has 0 saturated heterocycles. The lowest BCUT2D eigenvalue weighted by Gasteiger charge is -2.06. The Kier molecular flexibility index (Phi) is 4.99. The van der Waals surface area contributed by atoms with Gasteiger partial charge in [0.25, 0.3) is 17.1 Å². The number of fused-ring (bicyclic) bond motifs is 1. The Morgan fingerprint density at radius 3 is 2.67 bits per heavy atom. The van der Waals surface area contributed by atoms with Gasteiger partial charge in [0.1, 0.15) is 6.54 Å². The van der Waals surface area contributed by atoms with Crippen molar-refractivity contribution < 1.29 is 18.9 Å². The van der Waals surface area contributed by atoms with Crippen LogP contribution in [0.25, 0.3) is 22.4 Å². The quantitative estimate of drug-likeness (QED) is 0.266. The second-order valence-electron chi connectivity index (χ2n) is 6.16. The van der Waals surface area contributed by atoms with E-state index in [2.05, 4.69) is 15.2 Å². The molecule has 0 saturated carbocycles. The molecule has 2 aromatic heterocycles. The van der Waals surface area contributed by atoms with Crippen molar-refractivity contribution in [3.8, 4) is 11.5 Å². The number of carbonyl (C=O) groups excluding carboxylic acids is 1. The fourth-order valence-corrected chi connectivity index (χ4v) is 2.70. The number of hydrogen-bond donors (Lipinski definition) is 0. The highest BCUT2D eigenvalue weighted by Gasteiger charge is 2.14. The van der Waals surface area contributed by atoms with Crippen LogP contribution in [0, 0.1) is 10.1 Å². The average molecular weight is 407 g/mol. The molecule has 0 bridgehead atoms. The second kappa shape index (κ2) is 7.91. The van der Waals surface area contributed by atoms with Gasteiger partial charge in [-0.15, -0.1) is 10.2 Å². The molecule has 0 aliphatic carbocycles. The molecule has 0 N–H and O–H groups in total. The van der Waals surface area contributed by atoms with Crippen LogP contribution in [0.5, 0.6) is 0 Å². The minimum atomic E-state index is -0.677.